The predicted octanol–water partition coefficient (Wildman–Crippen LogP) is 5.49. The van der Waals surface area contributed by atoms with Crippen LogP contribution in [0.4, 0.5) is 0 Å². The molecule has 3 nitrogen and oxygen atoms in total. The van der Waals surface area contributed by atoms with Crippen LogP contribution in [-0.4, -0.2) is 12.0 Å². The van der Waals surface area contributed by atoms with Crippen LogP contribution in [0.15, 0.2) is 60.7 Å². The van der Waals surface area contributed by atoms with Gasteiger partial charge in [0.2, 0.25) is 0 Å². The summed E-state index contributed by atoms with van der Waals surface area (Å²) in [5.41, 5.74) is 3.54. The maximum atomic E-state index is 12.8. The zero-order valence-corrected chi connectivity index (χ0v) is 16.5. The largest absolute Gasteiger partial charge is 0.480 e. The highest BCUT2D eigenvalue weighted by molar-refractivity contribution is 5.89. The summed E-state index contributed by atoms with van der Waals surface area (Å²) in [6.45, 7) is 8.14. The molecule has 2 atom stereocenters. The summed E-state index contributed by atoms with van der Waals surface area (Å²) >= 11 is 0. The maximum Gasteiger partial charge on any atom is 0.261 e. The van der Waals surface area contributed by atoms with E-state index in [2.05, 4.69) is 37.4 Å². The molecule has 0 fully saturated rings. The molecule has 1 amide bonds. The van der Waals surface area contributed by atoms with E-state index in [0.29, 0.717) is 6.42 Å². The minimum Gasteiger partial charge on any atom is -0.480 e. The highest BCUT2D eigenvalue weighted by atomic mass is 16.5. The first-order chi connectivity index (χ1) is 13.0. The Morgan fingerprint density at radius 2 is 1.78 bits per heavy atom. The van der Waals surface area contributed by atoms with Crippen molar-refractivity contribution in [2.75, 3.05) is 0 Å². The van der Waals surface area contributed by atoms with E-state index in [0.717, 1.165) is 22.1 Å². The molecular weight excluding hydrogens is 334 g/mol. The van der Waals surface area contributed by atoms with Crippen LogP contribution in [0.5, 0.6) is 5.75 Å². The molecule has 0 unspecified atom stereocenters. The topological polar surface area (TPSA) is 38.3 Å². The molecule has 0 aliphatic rings. The summed E-state index contributed by atoms with van der Waals surface area (Å²) in [6, 6.07) is 20.2. The summed E-state index contributed by atoms with van der Waals surface area (Å²) in [5, 5.41) is 5.24. The summed E-state index contributed by atoms with van der Waals surface area (Å²) in [4.78, 5) is 12.8. The molecule has 3 aromatic rings. The number of amides is 1. The summed E-state index contributed by atoms with van der Waals surface area (Å²) in [5.74, 6) is 0.659. The molecule has 3 heteroatoms. The number of nitrogens with one attached hydrogen (secondary N) is 1. The van der Waals surface area contributed by atoms with Crippen molar-refractivity contribution in [2.24, 2.45) is 0 Å². The summed E-state index contributed by atoms with van der Waals surface area (Å²) in [7, 11) is 0. The van der Waals surface area contributed by atoms with E-state index in [1.807, 2.05) is 56.3 Å². The van der Waals surface area contributed by atoms with Crippen molar-refractivity contribution in [2.45, 2.75) is 46.3 Å². The normalized spacial score (nSPS) is 13.2. The number of carbonyl (C=O) groups is 1. The zero-order chi connectivity index (χ0) is 19.4. The molecule has 140 valence electrons. The number of fused-ring (bicyclic) bond motifs is 1. The number of rotatable bonds is 6. The fourth-order valence-corrected chi connectivity index (χ4v) is 3.47. The van der Waals surface area contributed by atoms with Crippen LogP contribution in [0.25, 0.3) is 10.8 Å². The minimum absolute atomic E-state index is 0.0664. The Balaban J connectivity index is 1.76. The Bertz CT molecular complexity index is 943. The van der Waals surface area contributed by atoms with Crippen molar-refractivity contribution in [1.82, 2.24) is 5.32 Å². The van der Waals surface area contributed by atoms with E-state index in [1.165, 1.54) is 11.1 Å². The van der Waals surface area contributed by atoms with E-state index in [4.69, 9.17) is 4.74 Å². The Hall–Kier alpha value is -2.81. The van der Waals surface area contributed by atoms with E-state index in [1.54, 1.807) is 0 Å². The van der Waals surface area contributed by atoms with Crippen molar-refractivity contribution in [3.63, 3.8) is 0 Å². The van der Waals surface area contributed by atoms with Gasteiger partial charge in [0.25, 0.3) is 5.91 Å². The number of benzene rings is 3. The van der Waals surface area contributed by atoms with Crippen molar-refractivity contribution >= 4 is 16.7 Å². The van der Waals surface area contributed by atoms with Crippen LogP contribution in [-0.2, 0) is 4.79 Å². The lowest BCUT2D eigenvalue weighted by Crippen LogP contribution is -2.39. The Morgan fingerprint density at radius 1 is 1.04 bits per heavy atom. The second kappa shape index (κ2) is 8.26. The number of aryl methyl sites for hydroxylation is 2. The number of hydrogen-bond acceptors (Lipinski definition) is 2. The molecule has 0 aromatic heterocycles. The lowest BCUT2D eigenvalue weighted by Gasteiger charge is -2.22. The molecule has 0 spiro atoms. The van der Waals surface area contributed by atoms with Gasteiger partial charge in [0.1, 0.15) is 5.75 Å². The van der Waals surface area contributed by atoms with Gasteiger partial charge in [-0.2, -0.15) is 0 Å². The molecule has 0 aliphatic carbocycles. The molecule has 0 radical (unpaired) electrons. The number of hydrogen-bond donors (Lipinski definition) is 1. The lowest BCUT2D eigenvalue weighted by atomic mass is 10.00. The molecule has 3 aromatic carbocycles. The van der Waals surface area contributed by atoms with Crippen LogP contribution in [0, 0.1) is 13.8 Å². The van der Waals surface area contributed by atoms with Gasteiger partial charge in [-0.15, -0.1) is 0 Å². The van der Waals surface area contributed by atoms with E-state index < -0.39 is 6.10 Å². The first kappa shape index (κ1) is 19.0. The first-order valence-electron chi connectivity index (χ1n) is 9.51. The molecule has 0 heterocycles. The van der Waals surface area contributed by atoms with Gasteiger partial charge in [-0.25, -0.2) is 0 Å². The minimum atomic E-state index is -0.524. The summed E-state index contributed by atoms with van der Waals surface area (Å²) in [6.07, 6.45) is 0.0817. The standard InChI is InChI=1S/C24H27NO2/c1-5-22(27-23-12-8-10-19-9-6-7-11-21(19)23)24(26)25-18(4)20-14-13-16(2)15-17(20)3/h6-15,18,22H,5H2,1-4H3,(H,25,26)/t18-,22+/m1/s1. The maximum absolute atomic E-state index is 12.8. The molecule has 0 saturated heterocycles. The quantitative estimate of drug-likeness (QED) is 0.630. The Kier molecular flexibility index (Phi) is 5.80. The molecule has 27 heavy (non-hydrogen) atoms. The molecule has 3 rings (SSSR count). The SMILES string of the molecule is CC[C@H](Oc1cccc2ccccc12)C(=O)N[C@H](C)c1ccc(C)cc1C. The van der Waals surface area contributed by atoms with E-state index in [9.17, 15) is 4.79 Å². The van der Waals surface area contributed by atoms with Crippen LogP contribution in [0.1, 0.15) is 43.0 Å². The van der Waals surface area contributed by atoms with Crippen molar-refractivity contribution in [3.8, 4) is 5.75 Å². The van der Waals surface area contributed by atoms with Crippen molar-refractivity contribution < 1.29 is 9.53 Å². The zero-order valence-electron chi connectivity index (χ0n) is 16.5. The van der Waals surface area contributed by atoms with Crippen LogP contribution < -0.4 is 10.1 Å². The fraction of sp³-hybridized carbons (Fsp3) is 0.292. The Labute approximate surface area is 161 Å². The van der Waals surface area contributed by atoms with Crippen LogP contribution in [0.3, 0.4) is 0 Å². The van der Waals surface area contributed by atoms with Crippen LogP contribution in [0.2, 0.25) is 0 Å². The van der Waals surface area contributed by atoms with Gasteiger partial charge in [-0.05, 0) is 49.8 Å². The van der Waals surface area contributed by atoms with Gasteiger partial charge in [0, 0.05) is 5.39 Å². The third-order valence-electron chi connectivity index (χ3n) is 4.93. The Morgan fingerprint density at radius 3 is 2.52 bits per heavy atom. The molecule has 0 saturated carbocycles. The third-order valence-corrected chi connectivity index (χ3v) is 4.93. The molecule has 0 bridgehead atoms. The van der Waals surface area contributed by atoms with Crippen molar-refractivity contribution in [3.05, 3.63) is 77.4 Å². The molecular formula is C24H27NO2. The van der Waals surface area contributed by atoms with Gasteiger partial charge < -0.3 is 10.1 Å². The number of carbonyl (C=O) groups excluding carboxylic acids is 1. The average molecular weight is 361 g/mol. The smallest absolute Gasteiger partial charge is 0.261 e. The monoisotopic (exact) mass is 361 g/mol. The predicted molar refractivity (Wildman–Crippen MR) is 111 cm³/mol. The molecule has 0 aliphatic heterocycles. The number of ether oxygens (including phenoxy) is 1. The van der Waals surface area contributed by atoms with Gasteiger partial charge in [0.15, 0.2) is 6.10 Å². The average Bonchev–Trinajstić information content (AvgIpc) is 2.65. The second-order valence-electron chi connectivity index (χ2n) is 7.08. The highest BCUT2D eigenvalue weighted by Gasteiger charge is 2.22. The fourth-order valence-electron chi connectivity index (χ4n) is 3.47. The van der Waals surface area contributed by atoms with Gasteiger partial charge in [0.05, 0.1) is 6.04 Å². The van der Waals surface area contributed by atoms with E-state index in [-0.39, 0.29) is 11.9 Å². The lowest BCUT2D eigenvalue weighted by molar-refractivity contribution is -0.128. The van der Waals surface area contributed by atoms with Gasteiger partial charge in [-0.3, -0.25) is 4.79 Å². The van der Waals surface area contributed by atoms with Crippen molar-refractivity contribution in [1.29, 1.82) is 0 Å². The van der Waals surface area contributed by atoms with Crippen LogP contribution >= 0.6 is 0 Å². The first-order valence-corrected chi connectivity index (χ1v) is 9.51. The molecule has 1 N–H and O–H groups in total. The van der Waals surface area contributed by atoms with Gasteiger partial charge >= 0.3 is 0 Å². The summed E-state index contributed by atoms with van der Waals surface area (Å²) < 4.78 is 6.11. The third kappa shape index (κ3) is 4.30. The highest BCUT2D eigenvalue weighted by Crippen LogP contribution is 2.27. The van der Waals surface area contributed by atoms with Gasteiger partial charge in [-0.1, -0.05) is 67.1 Å². The second-order valence-corrected chi connectivity index (χ2v) is 7.08. The van der Waals surface area contributed by atoms with E-state index >= 15 is 0 Å².